The molecule has 0 atom stereocenters. The fraction of sp³-hybridized carbons (Fsp3) is 0.143. The average Bonchev–Trinajstić information content (AvgIpc) is 2.03. The molecular formula is C7H7BrN2O2. The lowest BCUT2D eigenvalue weighted by molar-refractivity contribution is -0.385. The molecule has 0 aliphatic rings. The lowest BCUT2D eigenvalue weighted by atomic mass is 10.2. The van der Waals surface area contributed by atoms with Crippen LogP contribution in [0.2, 0.25) is 0 Å². The number of rotatable bonds is 2. The third-order valence-electron chi connectivity index (χ3n) is 1.52. The van der Waals surface area contributed by atoms with Crippen molar-refractivity contribution in [2.45, 2.75) is 5.33 Å². The van der Waals surface area contributed by atoms with Crippen molar-refractivity contribution in [2.24, 2.45) is 0 Å². The van der Waals surface area contributed by atoms with Crippen LogP contribution in [0.4, 0.5) is 11.4 Å². The summed E-state index contributed by atoms with van der Waals surface area (Å²) in [6, 6.07) is 4.65. The molecule has 1 rings (SSSR count). The zero-order valence-electron chi connectivity index (χ0n) is 6.16. The maximum Gasteiger partial charge on any atom is 0.275 e. The third-order valence-corrected chi connectivity index (χ3v) is 2.08. The molecule has 64 valence electrons. The number of alkyl halides is 1. The van der Waals surface area contributed by atoms with Gasteiger partial charge in [0.05, 0.1) is 10.5 Å². The number of hydrogen-bond donors (Lipinski definition) is 1. The standard InChI is InChI=1S/C7H7BrN2O2/c8-4-5-6(9)2-1-3-7(5)10(11)12/h1-3H,4,9H2. The molecule has 0 heterocycles. The van der Waals surface area contributed by atoms with Gasteiger partial charge in [0.1, 0.15) is 0 Å². The van der Waals surface area contributed by atoms with Gasteiger partial charge in [0, 0.05) is 17.1 Å². The van der Waals surface area contributed by atoms with Gasteiger partial charge in [-0.2, -0.15) is 0 Å². The smallest absolute Gasteiger partial charge is 0.275 e. The zero-order chi connectivity index (χ0) is 9.14. The predicted octanol–water partition coefficient (Wildman–Crippen LogP) is 2.07. The molecule has 0 radical (unpaired) electrons. The second-order valence-electron chi connectivity index (χ2n) is 2.24. The quantitative estimate of drug-likeness (QED) is 0.366. The van der Waals surface area contributed by atoms with Crippen LogP contribution in [-0.2, 0) is 5.33 Å². The topological polar surface area (TPSA) is 69.2 Å². The molecule has 0 aliphatic heterocycles. The summed E-state index contributed by atoms with van der Waals surface area (Å²) >= 11 is 3.14. The summed E-state index contributed by atoms with van der Waals surface area (Å²) in [6.45, 7) is 0. The van der Waals surface area contributed by atoms with Crippen LogP contribution in [-0.4, -0.2) is 4.92 Å². The Labute approximate surface area is 77.7 Å². The van der Waals surface area contributed by atoms with Crippen LogP contribution in [0.15, 0.2) is 18.2 Å². The lowest BCUT2D eigenvalue weighted by Crippen LogP contribution is -1.97. The Hall–Kier alpha value is -1.10. The number of hydrogen-bond acceptors (Lipinski definition) is 3. The number of benzene rings is 1. The Balaban J connectivity index is 3.27. The molecule has 1 aromatic carbocycles. The number of halogens is 1. The Kier molecular flexibility index (Phi) is 2.65. The van der Waals surface area contributed by atoms with Crippen molar-refractivity contribution >= 4 is 27.3 Å². The number of nitrogen functional groups attached to an aromatic ring is 1. The van der Waals surface area contributed by atoms with E-state index in [1.807, 2.05) is 0 Å². The maximum absolute atomic E-state index is 10.5. The third kappa shape index (κ3) is 1.55. The van der Waals surface area contributed by atoms with Gasteiger partial charge < -0.3 is 5.73 Å². The summed E-state index contributed by atoms with van der Waals surface area (Å²) in [5.74, 6) is 0. The Morgan fingerprint density at radius 3 is 2.67 bits per heavy atom. The highest BCUT2D eigenvalue weighted by molar-refractivity contribution is 9.08. The van der Waals surface area contributed by atoms with Crippen molar-refractivity contribution in [1.29, 1.82) is 0 Å². The summed E-state index contributed by atoms with van der Waals surface area (Å²) in [7, 11) is 0. The number of nitrogens with zero attached hydrogens (tertiary/aromatic N) is 1. The van der Waals surface area contributed by atoms with E-state index in [4.69, 9.17) is 5.73 Å². The first-order chi connectivity index (χ1) is 5.66. The van der Waals surface area contributed by atoms with Gasteiger partial charge in [0.15, 0.2) is 0 Å². The first kappa shape index (κ1) is 8.99. The van der Waals surface area contributed by atoms with E-state index in [-0.39, 0.29) is 5.69 Å². The van der Waals surface area contributed by atoms with Crippen molar-refractivity contribution in [3.63, 3.8) is 0 Å². The van der Waals surface area contributed by atoms with Crippen molar-refractivity contribution < 1.29 is 4.92 Å². The molecule has 5 heteroatoms. The molecule has 0 saturated carbocycles. The molecule has 0 aliphatic carbocycles. The molecule has 0 fully saturated rings. The van der Waals surface area contributed by atoms with E-state index in [2.05, 4.69) is 15.9 Å². The maximum atomic E-state index is 10.5. The van der Waals surface area contributed by atoms with Crippen molar-refractivity contribution in [2.75, 3.05) is 5.73 Å². The highest BCUT2D eigenvalue weighted by atomic mass is 79.9. The summed E-state index contributed by atoms with van der Waals surface area (Å²) in [6.07, 6.45) is 0. The molecule has 0 amide bonds. The summed E-state index contributed by atoms with van der Waals surface area (Å²) in [5, 5.41) is 10.9. The minimum atomic E-state index is -0.438. The summed E-state index contributed by atoms with van der Waals surface area (Å²) in [5.41, 5.74) is 6.57. The minimum Gasteiger partial charge on any atom is -0.398 e. The number of nitro benzene ring substituents is 1. The second kappa shape index (κ2) is 3.53. The zero-order valence-corrected chi connectivity index (χ0v) is 7.74. The average molecular weight is 231 g/mol. The van der Waals surface area contributed by atoms with Gasteiger partial charge in [0.2, 0.25) is 0 Å². The monoisotopic (exact) mass is 230 g/mol. The number of nitro groups is 1. The van der Waals surface area contributed by atoms with Gasteiger partial charge in [-0.1, -0.05) is 22.0 Å². The van der Waals surface area contributed by atoms with Gasteiger partial charge in [-0.3, -0.25) is 10.1 Å². The van der Waals surface area contributed by atoms with E-state index in [0.717, 1.165) is 0 Å². The molecule has 0 saturated heterocycles. The number of anilines is 1. The molecular weight excluding hydrogens is 224 g/mol. The fourth-order valence-electron chi connectivity index (χ4n) is 0.909. The minimum absolute atomic E-state index is 0.0619. The Morgan fingerprint density at radius 1 is 1.58 bits per heavy atom. The van der Waals surface area contributed by atoms with Crippen LogP contribution in [0.25, 0.3) is 0 Å². The van der Waals surface area contributed by atoms with Gasteiger partial charge >= 0.3 is 0 Å². The van der Waals surface area contributed by atoms with Crippen LogP contribution in [0.1, 0.15) is 5.56 Å². The molecule has 0 unspecified atom stereocenters. The van der Waals surface area contributed by atoms with Crippen molar-refractivity contribution in [3.8, 4) is 0 Å². The highest BCUT2D eigenvalue weighted by Gasteiger charge is 2.13. The van der Waals surface area contributed by atoms with Gasteiger partial charge in [-0.25, -0.2) is 0 Å². The first-order valence-corrected chi connectivity index (χ1v) is 4.36. The van der Waals surface area contributed by atoms with E-state index in [1.165, 1.54) is 6.07 Å². The summed E-state index contributed by atoms with van der Waals surface area (Å²) in [4.78, 5) is 10.0. The molecule has 2 N–H and O–H groups in total. The predicted molar refractivity (Wildman–Crippen MR) is 50.1 cm³/mol. The first-order valence-electron chi connectivity index (χ1n) is 3.24. The number of nitrogens with two attached hydrogens (primary N) is 1. The van der Waals surface area contributed by atoms with E-state index in [1.54, 1.807) is 12.1 Å². The molecule has 0 aromatic heterocycles. The Bertz CT molecular complexity index is 314. The molecule has 12 heavy (non-hydrogen) atoms. The highest BCUT2D eigenvalue weighted by Crippen LogP contribution is 2.25. The molecule has 1 aromatic rings. The summed E-state index contributed by atoms with van der Waals surface area (Å²) < 4.78 is 0. The normalized spacial score (nSPS) is 9.75. The molecule has 0 bridgehead atoms. The SMILES string of the molecule is Nc1cccc([N+](=O)[O-])c1CBr. The van der Waals surface area contributed by atoms with Crippen LogP contribution >= 0.6 is 15.9 Å². The van der Waals surface area contributed by atoms with E-state index in [0.29, 0.717) is 16.6 Å². The van der Waals surface area contributed by atoms with E-state index in [9.17, 15) is 10.1 Å². The van der Waals surface area contributed by atoms with Crippen molar-refractivity contribution in [3.05, 3.63) is 33.9 Å². The Morgan fingerprint density at radius 2 is 2.25 bits per heavy atom. The fourth-order valence-corrected chi connectivity index (χ4v) is 1.52. The molecule has 0 spiro atoms. The largest absolute Gasteiger partial charge is 0.398 e. The van der Waals surface area contributed by atoms with Crippen LogP contribution < -0.4 is 5.73 Å². The van der Waals surface area contributed by atoms with E-state index < -0.39 is 4.92 Å². The van der Waals surface area contributed by atoms with E-state index >= 15 is 0 Å². The van der Waals surface area contributed by atoms with Gasteiger partial charge in [0.25, 0.3) is 5.69 Å². The van der Waals surface area contributed by atoms with Crippen molar-refractivity contribution in [1.82, 2.24) is 0 Å². The van der Waals surface area contributed by atoms with Crippen LogP contribution in [0.5, 0.6) is 0 Å². The van der Waals surface area contributed by atoms with Gasteiger partial charge in [-0.15, -0.1) is 0 Å². The second-order valence-corrected chi connectivity index (χ2v) is 2.80. The van der Waals surface area contributed by atoms with Crippen LogP contribution in [0, 0.1) is 10.1 Å². The van der Waals surface area contributed by atoms with Gasteiger partial charge in [-0.05, 0) is 6.07 Å². The lowest BCUT2D eigenvalue weighted by Gasteiger charge is -2.01. The molecule has 4 nitrogen and oxygen atoms in total. The van der Waals surface area contributed by atoms with Crippen LogP contribution in [0.3, 0.4) is 0 Å².